The molecule has 1 amide bonds. The van der Waals surface area contributed by atoms with Crippen LogP contribution in [0.25, 0.3) is 0 Å². The Morgan fingerprint density at radius 3 is 2.36 bits per heavy atom. The summed E-state index contributed by atoms with van der Waals surface area (Å²) < 4.78 is 17.4. The van der Waals surface area contributed by atoms with Gasteiger partial charge in [0.15, 0.2) is 0 Å². The molecule has 1 aromatic heterocycles. The number of carbonyl (C=O) groups is 1. The van der Waals surface area contributed by atoms with Gasteiger partial charge >= 0.3 is 13.2 Å². The Morgan fingerprint density at radius 2 is 1.75 bits per heavy atom. The van der Waals surface area contributed by atoms with Gasteiger partial charge in [-0.15, -0.1) is 0 Å². The van der Waals surface area contributed by atoms with Crippen LogP contribution in [0.1, 0.15) is 33.3 Å². The number of hydroxylamine groups is 1. The first-order valence-corrected chi connectivity index (χ1v) is 9.09. The minimum atomic E-state index is -0.640. The van der Waals surface area contributed by atoms with Crippen molar-refractivity contribution >= 4 is 24.4 Å². The van der Waals surface area contributed by atoms with Crippen LogP contribution in [-0.4, -0.2) is 36.5 Å². The molecule has 1 aliphatic rings. The smallest absolute Gasteiger partial charge is 0.443 e. The molecular weight excluding hydrogens is 359 g/mol. The summed E-state index contributed by atoms with van der Waals surface area (Å²) in [5.41, 5.74) is 1.06. The largest absolute Gasteiger partial charge is 0.496 e. The summed E-state index contributed by atoms with van der Waals surface area (Å²) in [6.45, 7) is 8.06. The quantitative estimate of drug-likeness (QED) is 0.583. The molecule has 0 saturated carbocycles. The van der Waals surface area contributed by atoms with Crippen LogP contribution < -0.4 is 10.5 Å². The van der Waals surface area contributed by atoms with Crippen molar-refractivity contribution in [3.8, 4) is 0 Å². The van der Waals surface area contributed by atoms with E-state index in [1.54, 1.807) is 12.3 Å². The summed E-state index contributed by atoms with van der Waals surface area (Å²) in [6.07, 6.45) is 2.52. The maximum Gasteiger partial charge on any atom is 0.496 e. The molecular formula is C20H25BN2O5. The zero-order chi connectivity index (χ0) is 20.4. The molecule has 0 atom stereocenters. The summed E-state index contributed by atoms with van der Waals surface area (Å²) in [6, 6.07) is 11.2. The molecule has 0 spiro atoms. The zero-order valence-electron chi connectivity index (χ0n) is 16.8. The Balaban J connectivity index is 1.73. The Bertz CT molecular complexity index is 812. The van der Waals surface area contributed by atoms with Crippen LogP contribution >= 0.6 is 0 Å². The first-order chi connectivity index (χ1) is 13.2. The lowest BCUT2D eigenvalue weighted by molar-refractivity contribution is 0.00578. The molecule has 7 nitrogen and oxygen atoms in total. The van der Waals surface area contributed by atoms with E-state index >= 15 is 0 Å². The number of amides is 1. The van der Waals surface area contributed by atoms with Crippen LogP contribution in [0, 0.1) is 0 Å². The van der Waals surface area contributed by atoms with Crippen LogP contribution in [0.2, 0.25) is 0 Å². The first kappa shape index (κ1) is 20.3. The lowest BCUT2D eigenvalue weighted by Crippen LogP contribution is -2.41. The van der Waals surface area contributed by atoms with E-state index in [4.69, 9.17) is 18.9 Å². The summed E-state index contributed by atoms with van der Waals surface area (Å²) >= 11 is 0. The van der Waals surface area contributed by atoms with Crippen molar-refractivity contribution in [2.24, 2.45) is 0 Å². The van der Waals surface area contributed by atoms with E-state index in [0.29, 0.717) is 11.2 Å². The summed E-state index contributed by atoms with van der Waals surface area (Å²) in [4.78, 5) is 21.9. The normalized spacial score (nSPS) is 17.4. The van der Waals surface area contributed by atoms with E-state index in [2.05, 4.69) is 4.98 Å². The lowest BCUT2D eigenvalue weighted by atomic mass is 9.80. The Kier molecular flexibility index (Phi) is 5.74. The highest BCUT2D eigenvalue weighted by atomic mass is 16.7. The molecule has 3 rings (SSSR count). The van der Waals surface area contributed by atoms with Gasteiger partial charge < -0.3 is 14.0 Å². The fourth-order valence-corrected chi connectivity index (χ4v) is 2.73. The van der Waals surface area contributed by atoms with Gasteiger partial charge in [-0.25, -0.2) is 4.79 Å². The summed E-state index contributed by atoms with van der Waals surface area (Å²) in [7, 11) is 0.808. The van der Waals surface area contributed by atoms with Crippen LogP contribution in [0.3, 0.4) is 0 Å². The first-order valence-electron chi connectivity index (χ1n) is 9.09. The van der Waals surface area contributed by atoms with E-state index in [1.165, 1.54) is 13.3 Å². The molecule has 2 heterocycles. The van der Waals surface area contributed by atoms with Crippen molar-refractivity contribution in [1.82, 2.24) is 4.98 Å². The van der Waals surface area contributed by atoms with Gasteiger partial charge in [0.05, 0.1) is 30.2 Å². The standard InChI is InChI=1S/C20H25BN2O5/c1-19(2)20(3,4)28-21(27-19)16-11-17(13-22-12-16)23(25-5)18(24)26-14-15-9-7-6-8-10-15/h6-13H,14H2,1-5H3. The molecule has 1 fully saturated rings. The monoisotopic (exact) mass is 384 g/mol. The highest BCUT2D eigenvalue weighted by molar-refractivity contribution is 6.62. The Morgan fingerprint density at radius 1 is 1.11 bits per heavy atom. The molecule has 0 bridgehead atoms. The van der Waals surface area contributed by atoms with Gasteiger partial charge in [-0.05, 0) is 39.3 Å². The predicted octanol–water partition coefficient (Wildman–Crippen LogP) is 3.09. The Hall–Kier alpha value is -2.42. The number of ether oxygens (including phenoxy) is 1. The molecule has 0 radical (unpaired) electrons. The maximum atomic E-state index is 12.5. The Labute approximate surface area is 165 Å². The lowest BCUT2D eigenvalue weighted by Gasteiger charge is -2.32. The minimum absolute atomic E-state index is 0.143. The van der Waals surface area contributed by atoms with Crippen molar-refractivity contribution in [3.63, 3.8) is 0 Å². The summed E-state index contributed by atoms with van der Waals surface area (Å²) in [5.74, 6) is 0. The van der Waals surface area contributed by atoms with E-state index in [9.17, 15) is 4.79 Å². The molecule has 148 valence electrons. The highest BCUT2D eigenvalue weighted by Crippen LogP contribution is 2.36. The average molecular weight is 384 g/mol. The molecule has 0 aliphatic carbocycles. The molecule has 1 saturated heterocycles. The van der Waals surface area contributed by atoms with Crippen LogP contribution in [-0.2, 0) is 25.5 Å². The van der Waals surface area contributed by atoms with Crippen LogP contribution in [0.4, 0.5) is 10.5 Å². The molecule has 1 aliphatic heterocycles. The second-order valence-corrected chi connectivity index (χ2v) is 7.58. The number of anilines is 1. The third-order valence-corrected chi connectivity index (χ3v) is 5.06. The van der Waals surface area contributed by atoms with Crippen molar-refractivity contribution in [2.45, 2.75) is 45.5 Å². The van der Waals surface area contributed by atoms with E-state index in [-0.39, 0.29) is 6.61 Å². The molecule has 0 N–H and O–H groups in total. The van der Waals surface area contributed by atoms with Gasteiger partial charge in [0.1, 0.15) is 6.61 Å². The third kappa shape index (κ3) is 4.19. The predicted molar refractivity (Wildman–Crippen MR) is 106 cm³/mol. The molecule has 2 aromatic rings. The topological polar surface area (TPSA) is 70.1 Å². The minimum Gasteiger partial charge on any atom is -0.443 e. The van der Waals surface area contributed by atoms with Gasteiger partial charge in [0.25, 0.3) is 0 Å². The number of hydrogen-bond donors (Lipinski definition) is 0. The van der Waals surface area contributed by atoms with Crippen LogP contribution in [0.5, 0.6) is 0 Å². The zero-order valence-corrected chi connectivity index (χ0v) is 16.8. The van der Waals surface area contributed by atoms with Gasteiger partial charge in [-0.1, -0.05) is 30.3 Å². The van der Waals surface area contributed by atoms with Gasteiger partial charge in [-0.2, -0.15) is 5.06 Å². The van der Waals surface area contributed by atoms with Crippen molar-refractivity contribution in [2.75, 3.05) is 12.2 Å². The number of carbonyl (C=O) groups excluding carboxylic acids is 1. The number of pyridine rings is 1. The second-order valence-electron chi connectivity index (χ2n) is 7.58. The van der Waals surface area contributed by atoms with E-state index in [1.807, 2.05) is 58.0 Å². The maximum absolute atomic E-state index is 12.5. The summed E-state index contributed by atoms with van der Waals surface area (Å²) in [5, 5.41) is 1.05. The fraction of sp³-hybridized carbons (Fsp3) is 0.400. The van der Waals surface area contributed by atoms with Crippen molar-refractivity contribution < 1.29 is 23.7 Å². The van der Waals surface area contributed by atoms with E-state index < -0.39 is 24.4 Å². The average Bonchev–Trinajstić information content (AvgIpc) is 2.89. The van der Waals surface area contributed by atoms with Gasteiger partial charge in [0.2, 0.25) is 0 Å². The number of hydrogen-bond acceptors (Lipinski definition) is 6. The SMILES string of the molecule is CON(C(=O)OCc1ccccc1)c1cncc(B2OC(C)(C)C(C)(C)O2)c1. The number of nitrogens with zero attached hydrogens (tertiary/aromatic N) is 2. The van der Waals surface area contributed by atoms with Gasteiger partial charge in [-0.3, -0.25) is 9.82 Å². The number of aromatic nitrogens is 1. The number of benzene rings is 1. The van der Waals surface area contributed by atoms with Gasteiger partial charge in [0, 0.05) is 11.7 Å². The molecule has 0 unspecified atom stereocenters. The molecule has 28 heavy (non-hydrogen) atoms. The molecule has 1 aromatic carbocycles. The second kappa shape index (κ2) is 7.91. The number of rotatable bonds is 5. The van der Waals surface area contributed by atoms with Crippen molar-refractivity contribution in [1.29, 1.82) is 0 Å². The molecule has 8 heteroatoms. The third-order valence-electron chi connectivity index (χ3n) is 5.06. The van der Waals surface area contributed by atoms with Crippen molar-refractivity contribution in [3.05, 3.63) is 54.4 Å². The highest BCUT2D eigenvalue weighted by Gasteiger charge is 2.51. The van der Waals surface area contributed by atoms with E-state index in [0.717, 1.165) is 10.6 Å². The fourth-order valence-electron chi connectivity index (χ4n) is 2.73. The van der Waals surface area contributed by atoms with Crippen LogP contribution in [0.15, 0.2) is 48.8 Å².